The van der Waals surface area contributed by atoms with Crippen LogP contribution in [0.5, 0.6) is 11.5 Å². The molecule has 0 fully saturated rings. The molecule has 2 aromatic carbocycles. The van der Waals surface area contributed by atoms with E-state index < -0.39 is 6.36 Å². The third-order valence-electron chi connectivity index (χ3n) is 2.58. The number of hydrogen-bond acceptors (Lipinski definition) is 2. The molecule has 0 bridgehead atoms. The fraction of sp³-hybridized carbons (Fsp3) is 0.143. The number of alkyl halides is 3. The van der Waals surface area contributed by atoms with Crippen molar-refractivity contribution in [3.8, 4) is 22.6 Å². The molecule has 2 nitrogen and oxygen atoms in total. The minimum atomic E-state index is -4.75. The Morgan fingerprint density at radius 1 is 1.00 bits per heavy atom. The fourth-order valence-corrected chi connectivity index (χ4v) is 2.02. The number of methoxy groups -OCH3 is 1. The van der Waals surface area contributed by atoms with Gasteiger partial charge in [-0.2, -0.15) is 0 Å². The summed E-state index contributed by atoms with van der Waals surface area (Å²) >= 11 is 6.07. The first kappa shape index (κ1) is 14.5. The van der Waals surface area contributed by atoms with E-state index in [0.29, 0.717) is 11.3 Å². The standard InChI is InChI=1S/C14H10ClF3O2/c1-19-9-6-7-10(12(15)8-9)11-4-2-3-5-13(11)20-14(16,17)18/h2-8H,1H3. The Morgan fingerprint density at radius 2 is 1.70 bits per heavy atom. The first-order chi connectivity index (χ1) is 9.40. The Bertz CT molecular complexity index is 612. The van der Waals surface area contributed by atoms with Crippen LogP contribution in [0.2, 0.25) is 5.02 Å². The van der Waals surface area contributed by atoms with Gasteiger partial charge in [0, 0.05) is 11.1 Å². The van der Waals surface area contributed by atoms with Gasteiger partial charge in [0.2, 0.25) is 0 Å². The van der Waals surface area contributed by atoms with Crippen LogP contribution in [-0.4, -0.2) is 13.5 Å². The largest absolute Gasteiger partial charge is 0.573 e. The van der Waals surface area contributed by atoms with Gasteiger partial charge in [-0.05, 0) is 24.3 Å². The molecular weight excluding hydrogens is 293 g/mol. The van der Waals surface area contributed by atoms with Crippen LogP contribution >= 0.6 is 11.6 Å². The van der Waals surface area contributed by atoms with Gasteiger partial charge in [0.05, 0.1) is 12.1 Å². The molecule has 0 radical (unpaired) electrons. The molecule has 106 valence electrons. The predicted molar refractivity (Wildman–Crippen MR) is 70.1 cm³/mol. The number of halogens is 4. The van der Waals surface area contributed by atoms with E-state index in [0.717, 1.165) is 0 Å². The van der Waals surface area contributed by atoms with Crippen LogP contribution in [0.1, 0.15) is 0 Å². The molecule has 0 unspecified atom stereocenters. The molecule has 2 rings (SSSR count). The maximum atomic E-state index is 12.4. The third kappa shape index (κ3) is 3.36. The van der Waals surface area contributed by atoms with E-state index in [-0.39, 0.29) is 16.3 Å². The Labute approximate surface area is 118 Å². The molecule has 0 saturated carbocycles. The minimum Gasteiger partial charge on any atom is -0.497 e. The smallest absolute Gasteiger partial charge is 0.497 e. The van der Waals surface area contributed by atoms with Gasteiger partial charge in [-0.25, -0.2) is 0 Å². The zero-order valence-corrected chi connectivity index (χ0v) is 11.1. The van der Waals surface area contributed by atoms with Gasteiger partial charge < -0.3 is 9.47 Å². The van der Waals surface area contributed by atoms with Crippen molar-refractivity contribution in [3.63, 3.8) is 0 Å². The lowest BCUT2D eigenvalue weighted by molar-refractivity contribution is -0.274. The highest BCUT2D eigenvalue weighted by atomic mass is 35.5. The molecular formula is C14H10ClF3O2. The third-order valence-corrected chi connectivity index (χ3v) is 2.89. The van der Waals surface area contributed by atoms with Crippen molar-refractivity contribution >= 4 is 11.6 Å². The van der Waals surface area contributed by atoms with Crippen LogP contribution in [-0.2, 0) is 0 Å². The fourth-order valence-electron chi connectivity index (χ4n) is 1.74. The summed E-state index contributed by atoms with van der Waals surface area (Å²) in [6.45, 7) is 0. The molecule has 0 amide bonds. The summed E-state index contributed by atoms with van der Waals surface area (Å²) in [5, 5.41) is 0.280. The lowest BCUT2D eigenvalue weighted by Crippen LogP contribution is -2.17. The van der Waals surface area contributed by atoms with Gasteiger partial charge in [0.25, 0.3) is 0 Å². The van der Waals surface area contributed by atoms with Crippen molar-refractivity contribution in [1.29, 1.82) is 0 Å². The molecule has 2 aromatic rings. The molecule has 0 aliphatic rings. The number of benzene rings is 2. The first-order valence-corrected chi connectivity index (χ1v) is 5.97. The number of para-hydroxylation sites is 1. The molecule has 0 aliphatic heterocycles. The summed E-state index contributed by atoms with van der Waals surface area (Å²) in [6.07, 6.45) is -4.75. The summed E-state index contributed by atoms with van der Waals surface area (Å²) in [5.74, 6) is 0.222. The van der Waals surface area contributed by atoms with Crippen LogP contribution in [0.4, 0.5) is 13.2 Å². The predicted octanol–water partition coefficient (Wildman–Crippen LogP) is 4.91. The molecule has 0 heterocycles. The van der Waals surface area contributed by atoms with E-state index in [4.69, 9.17) is 16.3 Å². The van der Waals surface area contributed by atoms with Crippen LogP contribution in [0, 0.1) is 0 Å². The Morgan fingerprint density at radius 3 is 2.30 bits per heavy atom. The average Bonchev–Trinajstić information content (AvgIpc) is 2.38. The monoisotopic (exact) mass is 302 g/mol. The molecule has 0 spiro atoms. The van der Waals surface area contributed by atoms with E-state index in [1.807, 2.05) is 0 Å². The molecule has 6 heteroatoms. The number of rotatable bonds is 3. The SMILES string of the molecule is COc1ccc(-c2ccccc2OC(F)(F)F)c(Cl)c1. The first-order valence-electron chi connectivity index (χ1n) is 5.59. The lowest BCUT2D eigenvalue weighted by atomic mass is 10.0. The van der Waals surface area contributed by atoms with Gasteiger partial charge in [0.1, 0.15) is 11.5 Å². The Kier molecular flexibility index (Phi) is 4.09. The molecule has 20 heavy (non-hydrogen) atoms. The highest BCUT2D eigenvalue weighted by Gasteiger charge is 2.32. The van der Waals surface area contributed by atoms with Gasteiger partial charge >= 0.3 is 6.36 Å². The maximum absolute atomic E-state index is 12.4. The van der Waals surface area contributed by atoms with Crippen molar-refractivity contribution in [2.75, 3.05) is 7.11 Å². The minimum absolute atomic E-state index is 0.262. The Balaban J connectivity index is 2.47. The van der Waals surface area contributed by atoms with Crippen LogP contribution in [0.25, 0.3) is 11.1 Å². The summed E-state index contributed by atoms with van der Waals surface area (Å²) in [5.41, 5.74) is 0.699. The van der Waals surface area contributed by atoms with E-state index in [1.165, 1.54) is 31.4 Å². The number of ether oxygens (including phenoxy) is 2. The zero-order chi connectivity index (χ0) is 14.8. The lowest BCUT2D eigenvalue weighted by Gasteiger charge is -2.14. The second kappa shape index (κ2) is 5.63. The number of hydrogen-bond donors (Lipinski definition) is 0. The second-order valence-electron chi connectivity index (χ2n) is 3.89. The highest BCUT2D eigenvalue weighted by Crippen LogP contribution is 2.38. The average molecular weight is 303 g/mol. The zero-order valence-electron chi connectivity index (χ0n) is 10.4. The molecule has 0 N–H and O–H groups in total. The summed E-state index contributed by atoms with van der Waals surface area (Å²) in [6, 6.07) is 10.5. The van der Waals surface area contributed by atoms with Gasteiger partial charge in [-0.1, -0.05) is 29.8 Å². The van der Waals surface area contributed by atoms with Crippen LogP contribution < -0.4 is 9.47 Å². The summed E-state index contributed by atoms with van der Waals surface area (Å²) in [4.78, 5) is 0. The van der Waals surface area contributed by atoms with E-state index >= 15 is 0 Å². The van der Waals surface area contributed by atoms with Gasteiger partial charge in [-0.15, -0.1) is 13.2 Å². The molecule has 0 aromatic heterocycles. The summed E-state index contributed by atoms with van der Waals surface area (Å²) in [7, 11) is 1.48. The van der Waals surface area contributed by atoms with E-state index in [1.54, 1.807) is 18.2 Å². The van der Waals surface area contributed by atoms with Crippen molar-refractivity contribution in [3.05, 3.63) is 47.5 Å². The normalized spacial score (nSPS) is 11.2. The van der Waals surface area contributed by atoms with Crippen LogP contribution in [0.15, 0.2) is 42.5 Å². The van der Waals surface area contributed by atoms with E-state index in [9.17, 15) is 13.2 Å². The van der Waals surface area contributed by atoms with Crippen molar-refractivity contribution in [2.24, 2.45) is 0 Å². The highest BCUT2D eigenvalue weighted by molar-refractivity contribution is 6.33. The maximum Gasteiger partial charge on any atom is 0.573 e. The second-order valence-corrected chi connectivity index (χ2v) is 4.30. The van der Waals surface area contributed by atoms with Gasteiger partial charge in [0.15, 0.2) is 0 Å². The Hall–Kier alpha value is -1.88. The van der Waals surface area contributed by atoms with E-state index in [2.05, 4.69) is 4.74 Å². The van der Waals surface area contributed by atoms with Crippen molar-refractivity contribution in [2.45, 2.75) is 6.36 Å². The van der Waals surface area contributed by atoms with Gasteiger partial charge in [-0.3, -0.25) is 0 Å². The summed E-state index contributed by atoms with van der Waals surface area (Å²) < 4.78 is 46.2. The molecule has 0 atom stereocenters. The topological polar surface area (TPSA) is 18.5 Å². The van der Waals surface area contributed by atoms with Crippen molar-refractivity contribution < 1.29 is 22.6 Å². The quantitative estimate of drug-likeness (QED) is 0.801. The van der Waals surface area contributed by atoms with Crippen molar-refractivity contribution in [1.82, 2.24) is 0 Å². The van der Waals surface area contributed by atoms with Crippen LogP contribution in [0.3, 0.4) is 0 Å². The molecule has 0 aliphatic carbocycles. The molecule has 0 saturated heterocycles.